The number of hydrogen-bond donors (Lipinski definition) is 0. The van der Waals surface area contributed by atoms with Crippen molar-refractivity contribution >= 4 is 50.7 Å². The lowest BCUT2D eigenvalue weighted by Crippen LogP contribution is -1.82. The Morgan fingerprint density at radius 3 is 2.95 bits per heavy atom. The van der Waals surface area contributed by atoms with Crippen molar-refractivity contribution in [3.05, 3.63) is 51.5 Å². The van der Waals surface area contributed by atoms with Crippen LogP contribution in [0.3, 0.4) is 0 Å². The van der Waals surface area contributed by atoms with Crippen molar-refractivity contribution in [1.29, 1.82) is 5.26 Å². The largest absolute Gasteiger partial charge is 0.266 e. The Balaban J connectivity index is 1.99. The molecule has 0 fully saturated rings. The Labute approximate surface area is 128 Å². The molecule has 3 aromatic heterocycles. The topological polar surface area (TPSA) is 53.5 Å². The summed E-state index contributed by atoms with van der Waals surface area (Å²) in [5.74, 6) is 0.652. The molecule has 0 aliphatic heterocycles. The van der Waals surface area contributed by atoms with Gasteiger partial charge in [-0.15, -0.1) is 11.3 Å². The third-order valence-corrected chi connectivity index (χ3v) is 4.84. The number of fused-ring (bicyclic) bond motifs is 3. The molecular formula is C15H8N4S2. The van der Waals surface area contributed by atoms with Crippen LogP contribution in [0, 0.1) is 11.3 Å². The zero-order valence-electron chi connectivity index (χ0n) is 10.7. The first-order valence-electron chi connectivity index (χ1n) is 6.24. The van der Waals surface area contributed by atoms with Gasteiger partial charge in [-0.1, -0.05) is 29.5 Å². The minimum atomic E-state index is 0.580. The van der Waals surface area contributed by atoms with E-state index in [4.69, 9.17) is 0 Å². The van der Waals surface area contributed by atoms with Gasteiger partial charge in [0, 0.05) is 11.1 Å². The highest BCUT2D eigenvalue weighted by molar-refractivity contribution is 7.18. The maximum atomic E-state index is 9.32. The minimum Gasteiger partial charge on any atom is -0.266 e. The average molecular weight is 308 g/mol. The van der Waals surface area contributed by atoms with Gasteiger partial charge in [0.25, 0.3) is 0 Å². The first-order valence-corrected chi connectivity index (χ1v) is 7.94. The molecule has 21 heavy (non-hydrogen) atoms. The van der Waals surface area contributed by atoms with Crippen LogP contribution in [-0.4, -0.2) is 15.6 Å². The highest BCUT2D eigenvalue weighted by atomic mass is 32.1. The molecule has 1 aromatic carbocycles. The molecule has 6 heteroatoms. The second-order valence-electron chi connectivity index (χ2n) is 4.36. The summed E-state index contributed by atoms with van der Waals surface area (Å²) in [5.41, 5.74) is 1.89. The van der Waals surface area contributed by atoms with Crippen LogP contribution >= 0.6 is 22.7 Å². The van der Waals surface area contributed by atoms with Gasteiger partial charge in [-0.2, -0.15) is 5.26 Å². The molecule has 100 valence electrons. The van der Waals surface area contributed by atoms with Gasteiger partial charge in [-0.25, -0.2) is 9.98 Å². The van der Waals surface area contributed by atoms with Crippen LogP contribution in [0.15, 0.2) is 46.8 Å². The third kappa shape index (κ3) is 1.95. The summed E-state index contributed by atoms with van der Waals surface area (Å²) in [4.78, 5) is 11.5. The SMILES string of the molecule is N#Cc1sc2nc3ccccc3n2c1/N=C/c1cccs1. The van der Waals surface area contributed by atoms with E-state index in [0.29, 0.717) is 10.7 Å². The number of nitrogens with zero attached hydrogens (tertiary/aromatic N) is 4. The number of thiophene rings is 1. The van der Waals surface area contributed by atoms with E-state index in [2.05, 4.69) is 16.0 Å². The van der Waals surface area contributed by atoms with Gasteiger partial charge in [0.1, 0.15) is 6.07 Å². The predicted molar refractivity (Wildman–Crippen MR) is 86.9 cm³/mol. The number of hydrogen-bond acceptors (Lipinski definition) is 5. The molecule has 0 saturated carbocycles. The van der Waals surface area contributed by atoms with Gasteiger partial charge in [0.15, 0.2) is 15.7 Å². The molecule has 0 amide bonds. The van der Waals surface area contributed by atoms with E-state index in [0.717, 1.165) is 20.9 Å². The number of para-hydroxylation sites is 2. The normalized spacial score (nSPS) is 11.6. The van der Waals surface area contributed by atoms with Crippen molar-refractivity contribution in [3.8, 4) is 6.07 Å². The highest BCUT2D eigenvalue weighted by Gasteiger charge is 2.15. The van der Waals surface area contributed by atoms with Crippen LogP contribution < -0.4 is 0 Å². The fourth-order valence-electron chi connectivity index (χ4n) is 2.19. The van der Waals surface area contributed by atoms with Crippen LogP contribution in [0.5, 0.6) is 0 Å². The highest BCUT2D eigenvalue weighted by Crippen LogP contribution is 2.33. The first-order chi connectivity index (χ1) is 10.4. The maximum absolute atomic E-state index is 9.32. The molecule has 0 spiro atoms. The van der Waals surface area contributed by atoms with E-state index in [-0.39, 0.29) is 0 Å². The minimum absolute atomic E-state index is 0.580. The summed E-state index contributed by atoms with van der Waals surface area (Å²) < 4.78 is 1.95. The summed E-state index contributed by atoms with van der Waals surface area (Å²) in [7, 11) is 0. The fraction of sp³-hybridized carbons (Fsp3) is 0. The van der Waals surface area contributed by atoms with E-state index in [9.17, 15) is 5.26 Å². The molecule has 3 heterocycles. The monoisotopic (exact) mass is 308 g/mol. The third-order valence-electron chi connectivity index (χ3n) is 3.10. The molecule has 4 aromatic rings. The molecule has 0 radical (unpaired) electrons. The van der Waals surface area contributed by atoms with Gasteiger partial charge in [0.05, 0.1) is 11.0 Å². The number of aromatic nitrogens is 2. The predicted octanol–water partition coefficient (Wildman–Crippen LogP) is 4.23. The van der Waals surface area contributed by atoms with Crippen molar-refractivity contribution in [2.45, 2.75) is 0 Å². The quantitative estimate of drug-likeness (QED) is 0.520. The van der Waals surface area contributed by atoms with Crippen LogP contribution in [0.2, 0.25) is 0 Å². The molecule has 0 aliphatic rings. The molecule has 0 saturated heterocycles. The standard InChI is InChI=1S/C15H8N4S2/c16-8-13-14(17-9-10-4-3-7-20-10)19-12-6-2-1-5-11(12)18-15(19)21-13/h1-7,9H/b17-9+. The molecule has 0 atom stereocenters. The van der Waals surface area contributed by atoms with Crippen LogP contribution in [0.4, 0.5) is 5.82 Å². The molecule has 4 rings (SSSR count). The number of thiazole rings is 1. The van der Waals surface area contributed by atoms with Crippen LogP contribution in [0.25, 0.3) is 16.0 Å². The van der Waals surface area contributed by atoms with Gasteiger partial charge in [0.2, 0.25) is 0 Å². The lowest BCUT2D eigenvalue weighted by atomic mass is 10.3. The Kier molecular flexibility index (Phi) is 2.81. The summed E-state index contributed by atoms with van der Waals surface area (Å²) in [5, 5.41) is 11.3. The van der Waals surface area contributed by atoms with Crippen LogP contribution in [-0.2, 0) is 0 Å². The Bertz CT molecular complexity index is 1000. The number of aliphatic imine (C=N–C) groups is 1. The van der Waals surface area contributed by atoms with E-state index < -0.39 is 0 Å². The van der Waals surface area contributed by atoms with Crippen molar-refractivity contribution in [2.24, 2.45) is 4.99 Å². The summed E-state index contributed by atoms with van der Waals surface area (Å²) in [6, 6.07) is 14.1. The number of imidazole rings is 1. The second kappa shape index (κ2) is 4.81. The van der Waals surface area contributed by atoms with E-state index in [1.54, 1.807) is 17.6 Å². The Morgan fingerprint density at radius 1 is 1.24 bits per heavy atom. The number of nitriles is 1. The average Bonchev–Trinajstić information content (AvgIpc) is 3.20. The zero-order chi connectivity index (χ0) is 14.2. The van der Waals surface area contributed by atoms with Gasteiger partial charge in [-0.3, -0.25) is 4.40 Å². The van der Waals surface area contributed by atoms with Crippen molar-refractivity contribution in [3.63, 3.8) is 0 Å². The summed E-state index contributed by atoms with van der Waals surface area (Å²) in [6.07, 6.45) is 1.79. The van der Waals surface area contributed by atoms with E-state index in [1.807, 2.05) is 46.2 Å². The van der Waals surface area contributed by atoms with E-state index >= 15 is 0 Å². The Hall–Kier alpha value is -2.49. The van der Waals surface area contributed by atoms with E-state index in [1.165, 1.54) is 11.3 Å². The summed E-state index contributed by atoms with van der Waals surface area (Å²) in [6.45, 7) is 0. The lowest BCUT2D eigenvalue weighted by molar-refractivity contribution is 1.24. The van der Waals surface area contributed by atoms with Crippen molar-refractivity contribution in [1.82, 2.24) is 9.38 Å². The number of rotatable bonds is 2. The molecule has 0 bridgehead atoms. The second-order valence-corrected chi connectivity index (χ2v) is 6.32. The zero-order valence-corrected chi connectivity index (χ0v) is 12.4. The van der Waals surface area contributed by atoms with Crippen LogP contribution in [0.1, 0.15) is 9.75 Å². The first kappa shape index (κ1) is 12.3. The van der Waals surface area contributed by atoms with Gasteiger partial charge >= 0.3 is 0 Å². The molecule has 0 aliphatic carbocycles. The van der Waals surface area contributed by atoms with Crippen molar-refractivity contribution in [2.75, 3.05) is 0 Å². The van der Waals surface area contributed by atoms with Crippen molar-refractivity contribution < 1.29 is 0 Å². The van der Waals surface area contributed by atoms with Gasteiger partial charge in [-0.05, 0) is 23.6 Å². The molecular weight excluding hydrogens is 300 g/mol. The fourth-order valence-corrected chi connectivity index (χ4v) is 3.66. The molecule has 0 N–H and O–H groups in total. The molecule has 4 nitrogen and oxygen atoms in total. The van der Waals surface area contributed by atoms with Gasteiger partial charge < -0.3 is 0 Å². The Morgan fingerprint density at radius 2 is 2.14 bits per heavy atom. The lowest BCUT2D eigenvalue weighted by Gasteiger charge is -1.95. The maximum Gasteiger partial charge on any atom is 0.197 e. The summed E-state index contributed by atoms with van der Waals surface area (Å²) >= 11 is 2.98. The smallest absolute Gasteiger partial charge is 0.197 e. The number of benzene rings is 1. The molecule has 0 unspecified atom stereocenters.